The number of ether oxygens (including phenoxy) is 2. The van der Waals surface area contributed by atoms with Crippen LogP contribution >= 0.6 is 0 Å². The lowest BCUT2D eigenvalue weighted by atomic mass is 10.1. The number of anilines is 1. The summed E-state index contributed by atoms with van der Waals surface area (Å²) < 4.78 is 47.7. The van der Waals surface area contributed by atoms with E-state index in [2.05, 4.69) is 5.32 Å². The van der Waals surface area contributed by atoms with Crippen molar-refractivity contribution in [1.29, 1.82) is 0 Å². The van der Waals surface area contributed by atoms with Crippen LogP contribution in [0.25, 0.3) is 0 Å². The van der Waals surface area contributed by atoms with Crippen LogP contribution in [0.3, 0.4) is 0 Å². The van der Waals surface area contributed by atoms with Crippen molar-refractivity contribution in [3.8, 4) is 5.75 Å². The average molecular weight is 423 g/mol. The summed E-state index contributed by atoms with van der Waals surface area (Å²) in [5, 5.41) is 2.68. The summed E-state index contributed by atoms with van der Waals surface area (Å²) in [5.74, 6) is -1.65. The maximum absolute atomic E-state index is 12.7. The Morgan fingerprint density at radius 1 is 1.00 bits per heavy atom. The molecule has 0 radical (unpaired) electrons. The van der Waals surface area contributed by atoms with Crippen molar-refractivity contribution in [1.82, 2.24) is 0 Å². The molecule has 30 heavy (non-hydrogen) atoms. The number of hydrogen-bond donors (Lipinski definition) is 1. The summed E-state index contributed by atoms with van der Waals surface area (Å²) in [6.45, 7) is 0.691. The zero-order chi connectivity index (χ0) is 22.1. The number of amides is 1. The van der Waals surface area contributed by atoms with Gasteiger partial charge in [-0.25, -0.2) is 4.79 Å². The second-order valence-corrected chi connectivity index (χ2v) is 6.27. The van der Waals surface area contributed by atoms with Crippen LogP contribution in [0.5, 0.6) is 5.75 Å². The van der Waals surface area contributed by atoms with E-state index in [4.69, 9.17) is 9.47 Å². The molecule has 0 aliphatic carbocycles. The Balaban J connectivity index is 1.80. The number of nitrogens with one attached hydrogen (secondary N) is 1. The van der Waals surface area contributed by atoms with Crippen molar-refractivity contribution in [3.05, 3.63) is 59.7 Å². The van der Waals surface area contributed by atoms with Gasteiger partial charge >= 0.3 is 12.1 Å². The van der Waals surface area contributed by atoms with Gasteiger partial charge in [0.25, 0.3) is 0 Å². The molecule has 0 atom stereocenters. The topological polar surface area (TPSA) is 81.7 Å². The predicted octanol–water partition coefficient (Wildman–Crippen LogP) is 4.25. The van der Waals surface area contributed by atoms with Crippen molar-refractivity contribution in [3.63, 3.8) is 0 Å². The van der Waals surface area contributed by atoms with Crippen molar-refractivity contribution in [2.75, 3.05) is 18.5 Å². The monoisotopic (exact) mass is 423 g/mol. The molecule has 1 N–H and O–H groups in total. The number of alkyl halides is 3. The molecular weight excluding hydrogens is 403 g/mol. The molecule has 2 aromatic rings. The van der Waals surface area contributed by atoms with E-state index in [0.717, 1.165) is 18.2 Å². The highest BCUT2D eigenvalue weighted by atomic mass is 19.4. The fourth-order valence-corrected chi connectivity index (χ4v) is 2.37. The first-order chi connectivity index (χ1) is 14.2. The van der Waals surface area contributed by atoms with E-state index in [1.54, 1.807) is 12.1 Å². The number of ketones is 1. The average Bonchev–Trinajstić information content (AvgIpc) is 2.71. The smallest absolute Gasteiger partial charge is 0.416 e. The minimum Gasteiger partial charge on any atom is -0.482 e. The maximum Gasteiger partial charge on any atom is 0.416 e. The summed E-state index contributed by atoms with van der Waals surface area (Å²) in [6.07, 6.45) is -3.43. The Kier molecular flexibility index (Phi) is 7.97. The molecule has 0 aliphatic heterocycles. The molecule has 0 heterocycles. The molecule has 0 saturated heterocycles. The number of rotatable bonds is 9. The number of hydrogen-bond acceptors (Lipinski definition) is 5. The largest absolute Gasteiger partial charge is 0.482 e. The van der Waals surface area contributed by atoms with Gasteiger partial charge < -0.3 is 14.8 Å². The van der Waals surface area contributed by atoms with Gasteiger partial charge in [-0.1, -0.05) is 13.0 Å². The summed E-state index contributed by atoms with van der Waals surface area (Å²) in [6, 6.07) is 10.1. The Morgan fingerprint density at radius 3 is 2.33 bits per heavy atom. The fourth-order valence-electron chi connectivity index (χ4n) is 2.37. The van der Waals surface area contributed by atoms with Gasteiger partial charge in [-0.2, -0.15) is 13.2 Å². The summed E-state index contributed by atoms with van der Waals surface area (Å²) in [5.41, 5.74) is -0.0931. The molecule has 6 nitrogen and oxygen atoms in total. The molecule has 0 aromatic heterocycles. The molecule has 0 fully saturated rings. The van der Waals surface area contributed by atoms with E-state index in [0.29, 0.717) is 18.5 Å². The van der Waals surface area contributed by atoms with Gasteiger partial charge in [-0.15, -0.1) is 0 Å². The van der Waals surface area contributed by atoms with Crippen LogP contribution in [-0.2, 0) is 20.5 Å². The van der Waals surface area contributed by atoms with Gasteiger partial charge in [0.1, 0.15) is 5.75 Å². The van der Waals surface area contributed by atoms with Crippen molar-refractivity contribution in [2.45, 2.75) is 25.9 Å². The Hall–Kier alpha value is -3.36. The second-order valence-electron chi connectivity index (χ2n) is 6.27. The molecule has 0 unspecified atom stereocenters. The number of carbonyl (C=O) groups is 3. The molecular formula is C21H20F3NO5. The molecule has 0 saturated carbocycles. The molecule has 1 amide bonds. The minimum absolute atomic E-state index is 0.133. The van der Waals surface area contributed by atoms with Crippen LogP contribution < -0.4 is 10.1 Å². The third-order valence-corrected chi connectivity index (χ3v) is 3.85. The van der Waals surface area contributed by atoms with E-state index in [-0.39, 0.29) is 17.2 Å². The second kappa shape index (κ2) is 10.4. The normalized spacial score (nSPS) is 10.9. The lowest BCUT2D eigenvalue weighted by molar-refractivity contribution is -0.144. The third kappa shape index (κ3) is 7.23. The number of esters is 1. The summed E-state index contributed by atoms with van der Waals surface area (Å²) >= 11 is 0. The zero-order valence-corrected chi connectivity index (χ0v) is 16.1. The van der Waals surface area contributed by atoms with Gasteiger partial charge in [0, 0.05) is 17.7 Å². The van der Waals surface area contributed by atoms with E-state index in [1.807, 2.05) is 6.92 Å². The van der Waals surface area contributed by atoms with E-state index >= 15 is 0 Å². The van der Waals surface area contributed by atoms with Crippen molar-refractivity contribution >= 4 is 23.3 Å². The summed E-state index contributed by atoms with van der Waals surface area (Å²) in [7, 11) is 0. The maximum atomic E-state index is 12.7. The molecule has 0 bridgehead atoms. The number of Topliss-reactive ketones (excluding diaryl/α,β-unsaturated/α-hetero) is 1. The van der Waals surface area contributed by atoms with Crippen LogP contribution in [0, 0.1) is 0 Å². The number of halogens is 3. The lowest BCUT2D eigenvalue weighted by Gasteiger charge is -2.10. The van der Waals surface area contributed by atoms with Crippen molar-refractivity contribution < 1.29 is 37.0 Å². The lowest BCUT2D eigenvalue weighted by Crippen LogP contribution is -2.19. The Labute approximate surface area is 171 Å². The highest BCUT2D eigenvalue weighted by Crippen LogP contribution is 2.31. The van der Waals surface area contributed by atoms with Gasteiger partial charge in [0.05, 0.1) is 5.56 Å². The standard InChI is InChI=1S/C21H20F3NO5/c1-2-4-19(27)25-16-9-7-14(8-10-16)18(26)12-30-20(28)13-29-17-6-3-5-15(11-17)21(22,23)24/h3,5-11H,2,4,12-13H2,1H3,(H,25,27). The highest BCUT2D eigenvalue weighted by Gasteiger charge is 2.30. The van der Waals surface area contributed by atoms with E-state index in [9.17, 15) is 27.6 Å². The van der Waals surface area contributed by atoms with Gasteiger partial charge in [-0.05, 0) is 48.9 Å². The minimum atomic E-state index is -4.53. The molecule has 2 aromatic carbocycles. The molecule has 9 heteroatoms. The Bertz CT molecular complexity index is 894. The first-order valence-corrected chi connectivity index (χ1v) is 9.08. The van der Waals surface area contributed by atoms with Crippen LogP contribution in [-0.4, -0.2) is 30.9 Å². The van der Waals surface area contributed by atoms with Gasteiger partial charge in [-0.3, -0.25) is 9.59 Å². The van der Waals surface area contributed by atoms with Gasteiger partial charge in [0.2, 0.25) is 5.91 Å². The highest BCUT2D eigenvalue weighted by molar-refractivity contribution is 5.98. The third-order valence-electron chi connectivity index (χ3n) is 3.85. The summed E-state index contributed by atoms with van der Waals surface area (Å²) in [4.78, 5) is 35.3. The van der Waals surface area contributed by atoms with E-state index in [1.165, 1.54) is 18.2 Å². The predicted molar refractivity (Wildman–Crippen MR) is 102 cm³/mol. The van der Waals surface area contributed by atoms with Crippen LogP contribution in [0.2, 0.25) is 0 Å². The van der Waals surface area contributed by atoms with Crippen molar-refractivity contribution in [2.24, 2.45) is 0 Å². The first-order valence-electron chi connectivity index (χ1n) is 9.08. The Morgan fingerprint density at radius 2 is 1.70 bits per heavy atom. The quantitative estimate of drug-likeness (QED) is 0.482. The molecule has 0 spiro atoms. The molecule has 160 valence electrons. The van der Waals surface area contributed by atoms with Crippen LogP contribution in [0.15, 0.2) is 48.5 Å². The molecule has 0 aliphatic rings. The zero-order valence-electron chi connectivity index (χ0n) is 16.1. The van der Waals surface area contributed by atoms with Crippen LogP contribution in [0.4, 0.5) is 18.9 Å². The van der Waals surface area contributed by atoms with E-state index < -0.39 is 36.7 Å². The first kappa shape index (κ1) is 22.9. The number of carbonyl (C=O) groups excluding carboxylic acids is 3. The number of benzene rings is 2. The molecule has 2 rings (SSSR count). The fraction of sp³-hybridized carbons (Fsp3) is 0.286. The van der Waals surface area contributed by atoms with Crippen LogP contribution in [0.1, 0.15) is 35.7 Å². The SMILES string of the molecule is CCCC(=O)Nc1ccc(C(=O)COC(=O)COc2cccc(C(F)(F)F)c2)cc1. The van der Waals surface area contributed by atoms with Gasteiger partial charge in [0.15, 0.2) is 19.0 Å².